The van der Waals surface area contributed by atoms with Crippen molar-refractivity contribution >= 4 is 28.2 Å². The molecule has 5 heteroatoms. The number of fused-ring (bicyclic) bond motifs is 1. The molecule has 0 aliphatic rings. The van der Waals surface area contributed by atoms with E-state index in [1.54, 1.807) is 18.2 Å². The molecule has 2 rings (SSSR count). The molecule has 0 atom stereocenters. The Kier molecular flexibility index (Phi) is 2.24. The van der Waals surface area contributed by atoms with Crippen molar-refractivity contribution < 1.29 is 8.81 Å². The van der Waals surface area contributed by atoms with Gasteiger partial charge in [-0.15, -0.1) is 0 Å². The zero-order valence-electron chi connectivity index (χ0n) is 7.58. The maximum absolute atomic E-state index is 13.3. The largest absolute Gasteiger partial charge is 0.435 e. The average Bonchev–Trinajstić information content (AvgIpc) is 2.18. The number of benzene rings is 1. The molecule has 0 unspecified atom stereocenters. The van der Waals surface area contributed by atoms with Crippen LogP contribution in [0.3, 0.4) is 0 Å². The van der Waals surface area contributed by atoms with E-state index in [2.05, 4.69) is 0 Å². The van der Waals surface area contributed by atoms with E-state index in [1.807, 2.05) is 0 Å². The van der Waals surface area contributed by atoms with Gasteiger partial charge in [-0.05, 0) is 12.1 Å². The fraction of sp³-hybridized carbons (Fsp3) is 0. The van der Waals surface area contributed by atoms with Crippen LogP contribution in [0.5, 0.6) is 0 Å². The van der Waals surface area contributed by atoms with Crippen molar-refractivity contribution in [2.24, 2.45) is 5.73 Å². The highest BCUT2D eigenvalue weighted by molar-refractivity contribution is 7.80. The third-order valence-electron chi connectivity index (χ3n) is 2.01. The molecule has 76 valence electrons. The number of nitrogens with two attached hydrogens (primary N) is 1. The minimum Gasteiger partial charge on any atom is -0.435 e. The van der Waals surface area contributed by atoms with Crippen LogP contribution >= 0.6 is 12.2 Å². The Hall–Kier alpha value is -1.75. The fourth-order valence-electron chi connectivity index (χ4n) is 1.31. The lowest BCUT2D eigenvalue weighted by Crippen LogP contribution is -2.19. The quantitative estimate of drug-likeness (QED) is 0.722. The summed E-state index contributed by atoms with van der Waals surface area (Å²) in [6.45, 7) is 0. The van der Waals surface area contributed by atoms with Gasteiger partial charge in [0, 0.05) is 5.39 Å². The van der Waals surface area contributed by atoms with Gasteiger partial charge < -0.3 is 10.2 Å². The average molecular weight is 222 g/mol. The molecule has 2 aromatic rings. The summed E-state index contributed by atoms with van der Waals surface area (Å²) in [5.41, 5.74) is 5.53. The van der Waals surface area contributed by atoms with Crippen LogP contribution < -0.4 is 11.3 Å². The second kappa shape index (κ2) is 3.43. The summed E-state index contributed by atoms with van der Waals surface area (Å²) in [4.78, 5) is 0.0647. The predicted molar refractivity (Wildman–Crippen MR) is 57.9 cm³/mol. The van der Waals surface area contributed by atoms with Crippen LogP contribution in [0.2, 0.25) is 0 Å². The van der Waals surface area contributed by atoms with E-state index < -0.39 is 5.82 Å². The Labute approximate surface area is 89.8 Å². The molecule has 0 saturated carbocycles. The monoisotopic (exact) mass is 222 g/mol. The number of hydrogen-bond acceptors (Lipinski definition) is 3. The van der Waals surface area contributed by atoms with Gasteiger partial charge in [0.05, 0.1) is 5.56 Å². The lowest BCUT2D eigenvalue weighted by molar-refractivity contribution is 0.503. The van der Waals surface area contributed by atoms with Crippen molar-refractivity contribution in [3.63, 3.8) is 0 Å². The molecule has 0 fully saturated rings. The van der Waals surface area contributed by atoms with Gasteiger partial charge in [0.2, 0.25) is 5.55 Å². The third kappa shape index (κ3) is 1.61. The predicted octanol–water partition coefficient (Wildman–Crippen LogP) is 1.69. The number of thiocarbonyl (C=S) groups is 1. The molecule has 0 amide bonds. The highest BCUT2D eigenvalue weighted by atomic mass is 32.1. The Morgan fingerprint density at radius 1 is 1.47 bits per heavy atom. The van der Waals surface area contributed by atoms with Gasteiger partial charge in [-0.25, -0.2) is 4.39 Å². The first-order valence-corrected chi connectivity index (χ1v) is 4.57. The highest BCUT2D eigenvalue weighted by Gasteiger charge is 2.07. The topological polar surface area (TPSA) is 63.0 Å². The maximum Gasteiger partial charge on any atom is 0.222 e. The van der Waals surface area contributed by atoms with Crippen LogP contribution in [-0.2, 0) is 0 Å². The summed E-state index contributed by atoms with van der Waals surface area (Å²) in [6.07, 6.45) is 0. The molecular weight excluding hydrogens is 215 g/mol. The lowest BCUT2D eigenvalue weighted by atomic mass is 10.2. The number of halogens is 1. The van der Waals surface area contributed by atoms with Gasteiger partial charge in [-0.3, -0.25) is 5.41 Å². The van der Waals surface area contributed by atoms with E-state index in [1.165, 1.54) is 6.07 Å². The molecule has 3 N–H and O–H groups in total. The molecule has 0 aliphatic heterocycles. The smallest absolute Gasteiger partial charge is 0.222 e. The first kappa shape index (κ1) is 9.79. The van der Waals surface area contributed by atoms with Crippen molar-refractivity contribution in [1.29, 1.82) is 5.41 Å². The van der Waals surface area contributed by atoms with Crippen LogP contribution in [0.1, 0.15) is 5.56 Å². The Morgan fingerprint density at radius 2 is 2.20 bits per heavy atom. The molecule has 15 heavy (non-hydrogen) atoms. The number of rotatable bonds is 1. The van der Waals surface area contributed by atoms with Crippen molar-refractivity contribution in [1.82, 2.24) is 0 Å². The molecule has 1 heterocycles. The summed E-state index contributed by atoms with van der Waals surface area (Å²) < 4.78 is 18.3. The van der Waals surface area contributed by atoms with E-state index in [-0.39, 0.29) is 16.1 Å². The van der Waals surface area contributed by atoms with E-state index in [4.69, 9.17) is 27.8 Å². The first-order chi connectivity index (χ1) is 7.09. The normalized spacial score (nSPS) is 10.5. The molecule has 1 aromatic heterocycles. The zero-order chi connectivity index (χ0) is 11.0. The minimum absolute atomic E-state index is 0.0440. The van der Waals surface area contributed by atoms with E-state index >= 15 is 0 Å². The van der Waals surface area contributed by atoms with Gasteiger partial charge in [-0.1, -0.05) is 24.4 Å². The summed E-state index contributed by atoms with van der Waals surface area (Å²) in [6, 6.07) is 6.04. The molecule has 0 bridgehead atoms. The highest BCUT2D eigenvalue weighted by Crippen LogP contribution is 2.16. The Morgan fingerprint density at radius 3 is 2.87 bits per heavy atom. The van der Waals surface area contributed by atoms with Crippen LogP contribution in [0.25, 0.3) is 11.0 Å². The van der Waals surface area contributed by atoms with Gasteiger partial charge in [0.25, 0.3) is 0 Å². The van der Waals surface area contributed by atoms with Crippen molar-refractivity contribution in [3.05, 3.63) is 41.2 Å². The summed E-state index contributed by atoms with van der Waals surface area (Å²) in [7, 11) is 0. The third-order valence-corrected chi connectivity index (χ3v) is 2.23. The van der Waals surface area contributed by atoms with Gasteiger partial charge in [0.15, 0.2) is 11.4 Å². The first-order valence-electron chi connectivity index (χ1n) is 4.16. The number of nitrogens with one attached hydrogen (secondary N) is 1. The standard InChI is InChI=1S/C10H7FN2OS/c11-7-3-1-2-5-4-6(10(13)15)9(12)14-8(5)7/h1-4,12H,(H2,13,15). The zero-order valence-corrected chi connectivity index (χ0v) is 8.40. The molecule has 1 aromatic carbocycles. The molecular formula is C10H7FN2OS. The van der Waals surface area contributed by atoms with Crippen LogP contribution in [0.15, 0.2) is 28.7 Å². The second-order valence-electron chi connectivity index (χ2n) is 3.01. The molecule has 0 radical (unpaired) electrons. The molecule has 0 spiro atoms. The summed E-state index contributed by atoms with van der Waals surface area (Å²) in [5, 5.41) is 8.02. The Balaban J connectivity index is 2.88. The SMILES string of the molecule is N=c1oc2c(F)cccc2cc1C(N)=S. The van der Waals surface area contributed by atoms with Crippen molar-refractivity contribution in [2.75, 3.05) is 0 Å². The molecule has 0 aliphatic carbocycles. The van der Waals surface area contributed by atoms with Crippen LogP contribution in [0.4, 0.5) is 4.39 Å². The van der Waals surface area contributed by atoms with Crippen molar-refractivity contribution in [2.45, 2.75) is 0 Å². The molecule has 0 saturated heterocycles. The molecule has 3 nitrogen and oxygen atoms in total. The van der Waals surface area contributed by atoms with E-state index in [0.29, 0.717) is 10.9 Å². The summed E-state index contributed by atoms with van der Waals surface area (Å²) in [5.74, 6) is -0.504. The lowest BCUT2D eigenvalue weighted by Gasteiger charge is -2.01. The van der Waals surface area contributed by atoms with Gasteiger partial charge in [-0.2, -0.15) is 0 Å². The summed E-state index contributed by atoms with van der Waals surface area (Å²) >= 11 is 4.75. The maximum atomic E-state index is 13.3. The second-order valence-corrected chi connectivity index (χ2v) is 3.45. The number of hydrogen-bond donors (Lipinski definition) is 2. The van der Waals surface area contributed by atoms with Crippen LogP contribution in [-0.4, -0.2) is 4.99 Å². The van der Waals surface area contributed by atoms with Gasteiger partial charge in [0.1, 0.15) is 4.99 Å². The van der Waals surface area contributed by atoms with Gasteiger partial charge >= 0.3 is 0 Å². The van der Waals surface area contributed by atoms with Crippen LogP contribution in [0, 0.1) is 11.2 Å². The minimum atomic E-state index is -0.504. The number of para-hydroxylation sites is 1. The van der Waals surface area contributed by atoms with E-state index in [9.17, 15) is 4.39 Å². The fourth-order valence-corrected chi connectivity index (χ4v) is 1.46. The van der Waals surface area contributed by atoms with E-state index in [0.717, 1.165) is 0 Å². The Bertz CT molecular complexity index is 606. The van der Waals surface area contributed by atoms with Crippen molar-refractivity contribution in [3.8, 4) is 0 Å².